The molecule has 1 N–H and O–H groups in total. The number of hydrogen-bond donors (Lipinski definition) is 1. The van der Waals surface area contributed by atoms with Crippen molar-refractivity contribution in [3.8, 4) is 0 Å². The molecule has 14 heavy (non-hydrogen) atoms. The number of anilines is 1. The Bertz CT molecular complexity index is 368. The molecule has 4 nitrogen and oxygen atoms in total. The van der Waals surface area contributed by atoms with Crippen molar-refractivity contribution in [1.29, 1.82) is 0 Å². The predicted octanol–water partition coefficient (Wildman–Crippen LogP) is 1.38. The van der Waals surface area contributed by atoms with Gasteiger partial charge in [-0.3, -0.25) is 4.79 Å². The van der Waals surface area contributed by atoms with E-state index < -0.39 is 0 Å². The van der Waals surface area contributed by atoms with Crippen LogP contribution in [-0.2, 0) is 7.05 Å². The maximum absolute atomic E-state index is 11.6. The van der Waals surface area contributed by atoms with Crippen LogP contribution in [0.5, 0.6) is 0 Å². The summed E-state index contributed by atoms with van der Waals surface area (Å²) in [5.74, 6) is 0.418. The van der Waals surface area contributed by atoms with Crippen molar-refractivity contribution in [2.24, 2.45) is 7.05 Å². The molecule has 78 valence electrons. The molecule has 1 aromatic rings. The van der Waals surface area contributed by atoms with Gasteiger partial charge in [-0.05, 0) is 20.3 Å². The molecule has 0 saturated carbocycles. The smallest absolute Gasteiger partial charge is 0.293 e. The minimum absolute atomic E-state index is 0.0889. The number of nitrogens with one attached hydrogen (secondary N) is 1. The summed E-state index contributed by atoms with van der Waals surface area (Å²) < 4.78 is 1.51. The molecule has 0 unspecified atom stereocenters. The SMILES string of the molecule is CCC(C)(C)Nc1nccn(C)c1=O. The van der Waals surface area contributed by atoms with Gasteiger partial charge in [0.1, 0.15) is 0 Å². The first-order valence-electron chi connectivity index (χ1n) is 4.76. The molecule has 0 aliphatic carbocycles. The van der Waals surface area contributed by atoms with Crippen molar-refractivity contribution in [3.63, 3.8) is 0 Å². The van der Waals surface area contributed by atoms with Crippen molar-refractivity contribution < 1.29 is 0 Å². The van der Waals surface area contributed by atoms with Crippen molar-refractivity contribution in [2.45, 2.75) is 32.7 Å². The summed E-state index contributed by atoms with van der Waals surface area (Å²) in [6, 6.07) is 0. The maximum atomic E-state index is 11.6. The summed E-state index contributed by atoms with van der Waals surface area (Å²) in [6.07, 6.45) is 4.20. The molecule has 1 heterocycles. The van der Waals surface area contributed by atoms with E-state index >= 15 is 0 Å². The fourth-order valence-corrected chi connectivity index (χ4v) is 0.992. The lowest BCUT2D eigenvalue weighted by atomic mass is 10.0. The zero-order valence-electron chi connectivity index (χ0n) is 9.16. The minimum Gasteiger partial charge on any atom is -0.361 e. The fraction of sp³-hybridized carbons (Fsp3) is 0.600. The Balaban J connectivity index is 2.99. The van der Waals surface area contributed by atoms with Gasteiger partial charge in [0.2, 0.25) is 0 Å². The predicted molar refractivity (Wildman–Crippen MR) is 57.5 cm³/mol. The summed E-state index contributed by atoms with van der Waals surface area (Å²) in [4.78, 5) is 15.6. The van der Waals surface area contributed by atoms with E-state index in [9.17, 15) is 4.79 Å². The average Bonchev–Trinajstić information content (AvgIpc) is 2.13. The first-order valence-corrected chi connectivity index (χ1v) is 4.76. The van der Waals surface area contributed by atoms with Gasteiger partial charge in [-0.2, -0.15) is 0 Å². The Kier molecular flexibility index (Phi) is 2.93. The second-order valence-electron chi connectivity index (χ2n) is 4.05. The number of aryl methyl sites for hydroxylation is 1. The Morgan fingerprint density at radius 2 is 2.21 bits per heavy atom. The standard InChI is InChI=1S/C10H17N3O/c1-5-10(2,3)12-8-9(14)13(4)7-6-11-8/h6-7H,5H2,1-4H3,(H,11,12). The van der Waals surface area contributed by atoms with Gasteiger partial charge in [0.15, 0.2) is 5.82 Å². The van der Waals surface area contributed by atoms with E-state index in [1.807, 2.05) is 13.8 Å². The summed E-state index contributed by atoms with van der Waals surface area (Å²) in [6.45, 7) is 6.16. The van der Waals surface area contributed by atoms with Crippen molar-refractivity contribution in [2.75, 3.05) is 5.32 Å². The van der Waals surface area contributed by atoms with Crippen molar-refractivity contribution in [1.82, 2.24) is 9.55 Å². The van der Waals surface area contributed by atoms with Crippen molar-refractivity contribution in [3.05, 3.63) is 22.7 Å². The molecule has 0 amide bonds. The van der Waals surface area contributed by atoms with Crippen LogP contribution < -0.4 is 10.9 Å². The van der Waals surface area contributed by atoms with Gasteiger partial charge in [-0.25, -0.2) is 4.98 Å². The molecule has 0 bridgehead atoms. The minimum atomic E-state index is -0.0967. The second kappa shape index (κ2) is 3.82. The Labute approximate surface area is 84.0 Å². The molecule has 1 rings (SSSR count). The fourth-order valence-electron chi connectivity index (χ4n) is 0.992. The summed E-state index contributed by atoms with van der Waals surface area (Å²) in [7, 11) is 1.72. The molecule has 0 atom stereocenters. The zero-order valence-corrected chi connectivity index (χ0v) is 9.16. The third-order valence-corrected chi connectivity index (χ3v) is 2.36. The van der Waals surface area contributed by atoms with Crippen LogP contribution in [-0.4, -0.2) is 15.1 Å². The third-order valence-electron chi connectivity index (χ3n) is 2.36. The van der Waals surface area contributed by atoms with Crippen LogP contribution in [0.25, 0.3) is 0 Å². The first kappa shape index (κ1) is 10.8. The Morgan fingerprint density at radius 3 is 2.79 bits per heavy atom. The number of rotatable bonds is 3. The highest BCUT2D eigenvalue weighted by atomic mass is 16.1. The highest BCUT2D eigenvalue weighted by molar-refractivity contribution is 5.33. The van der Waals surface area contributed by atoms with E-state index in [0.717, 1.165) is 6.42 Å². The summed E-state index contributed by atoms with van der Waals surface area (Å²) in [5, 5.41) is 3.13. The number of hydrogen-bond acceptors (Lipinski definition) is 3. The molecular formula is C10H17N3O. The highest BCUT2D eigenvalue weighted by Crippen LogP contribution is 2.12. The van der Waals surface area contributed by atoms with Crippen LogP contribution >= 0.6 is 0 Å². The van der Waals surface area contributed by atoms with E-state index in [2.05, 4.69) is 17.2 Å². The van der Waals surface area contributed by atoms with Crippen LogP contribution in [0, 0.1) is 0 Å². The van der Waals surface area contributed by atoms with Gasteiger partial charge in [0.05, 0.1) is 0 Å². The quantitative estimate of drug-likeness (QED) is 0.792. The van der Waals surface area contributed by atoms with E-state index in [-0.39, 0.29) is 11.1 Å². The second-order valence-corrected chi connectivity index (χ2v) is 4.05. The summed E-state index contributed by atoms with van der Waals surface area (Å²) in [5.41, 5.74) is -0.186. The van der Waals surface area contributed by atoms with E-state index in [0.29, 0.717) is 5.82 Å². The lowest BCUT2D eigenvalue weighted by molar-refractivity contribution is 0.542. The molecule has 0 aliphatic heterocycles. The molecule has 0 spiro atoms. The van der Waals surface area contributed by atoms with Gasteiger partial charge in [0.25, 0.3) is 5.56 Å². The van der Waals surface area contributed by atoms with Crippen LogP contribution in [0.2, 0.25) is 0 Å². The van der Waals surface area contributed by atoms with Crippen LogP contribution in [0.15, 0.2) is 17.2 Å². The number of aromatic nitrogens is 2. The molecule has 0 aliphatic rings. The molecule has 4 heteroatoms. The molecular weight excluding hydrogens is 178 g/mol. The van der Waals surface area contributed by atoms with Crippen LogP contribution in [0.1, 0.15) is 27.2 Å². The monoisotopic (exact) mass is 195 g/mol. The number of nitrogens with zero attached hydrogens (tertiary/aromatic N) is 2. The van der Waals surface area contributed by atoms with E-state index in [1.165, 1.54) is 4.57 Å². The molecule has 0 aromatic carbocycles. The summed E-state index contributed by atoms with van der Waals surface area (Å²) >= 11 is 0. The van der Waals surface area contributed by atoms with E-state index in [1.54, 1.807) is 19.4 Å². The van der Waals surface area contributed by atoms with Gasteiger partial charge in [0, 0.05) is 25.0 Å². The molecule has 0 fully saturated rings. The molecule has 0 saturated heterocycles. The van der Waals surface area contributed by atoms with Gasteiger partial charge in [-0.1, -0.05) is 6.92 Å². The van der Waals surface area contributed by atoms with E-state index in [4.69, 9.17) is 0 Å². The normalized spacial score (nSPS) is 11.4. The lowest BCUT2D eigenvalue weighted by Crippen LogP contribution is -2.34. The third kappa shape index (κ3) is 2.34. The highest BCUT2D eigenvalue weighted by Gasteiger charge is 2.16. The zero-order chi connectivity index (χ0) is 10.8. The van der Waals surface area contributed by atoms with Crippen LogP contribution in [0.3, 0.4) is 0 Å². The maximum Gasteiger partial charge on any atom is 0.293 e. The van der Waals surface area contributed by atoms with Gasteiger partial charge < -0.3 is 9.88 Å². The largest absolute Gasteiger partial charge is 0.361 e. The Morgan fingerprint density at radius 1 is 1.57 bits per heavy atom. The van der Waals surface area contributed by atoms with Gasteiger partial charge in [-0.15, -0.1) is 0 Å². The van der Waals surface area contributed by atoms with Crippen LogP contribution in [0.4, 0.5) is 5.82 Å². The first-order chi connectivity index (χ1) is 6.46. The lowest BCUT2D eigenvalue weighted by Gasteiger charge is -2.24. The molecule has 0 radical (unpaired) electrons. The van der Waals surface area contributed by atoms with Crippen molar-refractivity contribution >= 4 is 5.82 Å². The molecule has 1 aromatic heterocycles. The average molecular weight is 195 g/mol. The van der Waals surface area contributed by atoms with Gasteiger partial charge >= 0.3 is 0 Å². The Hall–Kier alpha value is -1.32. The topological polar surface area (TPSA) is 46.9 Å².